The Labute approximate surface area is 181 Å². The molecule has 1 fully saturated rings. The molecular formula is C23H28N4O4. The first-order chi connectivity index (χ1) is 15.2. The van der Waals surface area contributed by atoms with Crippen LogP contribution in [0.3, 0.4) is 0 Å². The highest BCUT2D eigenvalue weighted by Crippen LogP contribution is 2.19. The summed E-state index contributed by atoms with van der Waals surface area (Å²) >= 11 is 0. The monoisotopic (exact) mass is 424 g/mol. The number of carbonyl (C=O) groups excluding carboxylic acids is 1. The lowest BCUT2D eigenvalue weighted by Crippen LogP contribution is -2.33. The van der Waals surface area contributed by atoms with Gasteiger partial charge in [0.05, 0.1) is 12.8 Å². The minimum atomic E-state index is -0.705. The molecule has 164 valence electrons. The summed E-state index contributed by atoms with van der Waals surface area (Å²) in [5.74, 6) is 1.31. The number of imidazole rings is 1. The number of aromatic nitrogens is 2. The summed E-state index contributed by atoms with van der Waals surface area (Å²) in [7, 11) is 1.60. The van der Waals surface area contributed by atoms with E-state index in [0.717, 1.165) is 37.3 Å². The molecule has 8 nitrogen and oxygen atoms in total. The van der Waals surface area contributed by atoms with Crippen LogP contribution in [0.4, 0.5) is 0 Å². The molecule has 1 atom stereocenters. The Morgan fingerprint density at radius 3 is 2.81 bits per heavy atom. The number of amides is 1. The van der Waals surface area contributed by atoms with E-state index in [1.54, 1.807) is 13.2 Å². The maximum absolute atomic E-state index is 13.0. The number of hydrogen-bond acceptors (Lipinski definition) is 6. The van der Waals surface area contributed by atoms with Crippen LogP contribution < -0.4 is 14.8 Å². The number of nitrogens with zero attached hydrogens (tertiary/aromatic N) is 3. The van der Waals surface area contributed by atoms with Crippen molar-refractivity contribution in [2.24, 2.45) is 0 Å². The third-order valence-electron chi connectivity index (χ3n) is 5.38. The smallest absolute Gasteiger partial charge is 0.274 e. The Kier molecular flexibility index (Phi) is 6.69. The summed E-state index contributed by atoms with van der Waals surface area (Å²) in [6.45, 7) is 2.43. The maximum atomic E-state index is 13.0. The topological polar surface area (TPSA) is 88.3 Å². The molecule has 0 unspecified atom stereocenters. The second-order valence-corrected chi connectivity index (χ2v) is 7.61. The quantitative estimate of drug-likeness (QED) is 0.547. The first-order valence-electron chi connectivity index (χ1n) is 10.6. The average molecular weight is 425 g/mol. The molecule has 1 amide bonds. The summed E-state index contributed by atoms with van der Waals surface area (Å²) in [5, 5.41) is 13.6. The van der Waals surface area contributed by atoms with Crippen molar-refractivity contribution in [1.82, 2.24) is 19.6 Å². The molecule has 2 aromatic heterocycles. The Morgan fingerprint density at radius 1 is 1.19 bits per heavy atom. The highest BCUT2D eigenvalue weighted by molar-refractivity contribution is 5.94. The van der Waals surface area contributed by atoms with E-state index in [9.17, 15) is 9.90 Å². The number of ether oxygens (including phenoxy) is 2. The zero-order chi connectivity index (χ0) is 21.6. The van der Waals surface area contributed by atoms with Crippen LogP contribution in [0.5, 0.6) is 11.5 Å². The molecule has 0 radical (unpaired) electrons. The van der Waals surface area contributed by atoms with Crippen LogP contribution in [0.15, 0.2) is 48.7 Å². The normalized spacial score (nSPS) is 14.7. The molecule has 3 aromatic rings. The zero-order valence-electron chi connectivity index (χ0n) is 17.7. The highest BCUT2D eigenvalue weighted by Gasteiger charge is 2.25. The molecule has 3 heterocycles. The van der Waals surface area contributed by atoms with Crippen LogP contribution in [0.1, 0.15) is 29.0 Å². The lowest BCUT2D eigenvalue weighted by atomic mass is 10.2. The molecule has 1 aliphatic rings. The van der Waals surface area contributed by atoms with E-state index in [0.29, 0.717) is 30.3 Å². The SMILES string of the molecule is COc1cccc(OC[C@@H](O)CNCc2c(C(=O)N3CCCC3)nc3ccccn23)c1. The number of hydrogen-bond donors (Lipinski definition) is 2. The van der Waals surface area contributed by atoms with Gasteiger partial charge in [0, 0.05) is 38.4 Å². The molecule has 1 aromatic carbocycles. The van der Waals surface area contributed by atoms with Crippen LogP contribution >= 0.6 is 0 Å². The van der Waals surface area contributed by atoms with Gasteiger partial charge >= 0.3 is 0 Å². The molecule has 0 spiro atoms. The van der Waals surface area contributed by atoms with Crippen molar-refractivity contribution in [2.75, 3.05) is 33.4 Å². The Balaban J connectivity index is 1.37. The van der Waals surface area contributed by atoms with E-state index in [2.05, 4.69) is 10.3 Å². The lowest BCUT2D eigenvalue weighted by Gasteiger charge is -2.16. The van der Waals surface area contributed by atoms with Crippen molar-refractivity contribution in [3.8, 4) is 11.5 Å². The fraction of sp³-hybridized carbons (Fsp3) is 0.391. The third-order valence-corrected chi connectivity index (χ3v) is 5.38. The number of likely N-dealkylation sites (tertiary alicyclic amines) is 1. The van der Waals surface area contributed by atoms with Gasteiger partial charge in [-0.15, -0.1) is 0 Å². The number of fused-ring (bicyclic) bond motifs is 1. The molecule has 1 saturated heterocycles. The predicted molar refractivity (Wildman–Crippen MR) is 117 cm³/mol. The number of pyridine rings is 1. The van der Waals surface area contributed by atoms with Crippen LogP contribution in [-0.2, 0) is 6.54 Å². The molecule has 8 heteroatoms. The van der Waals surface area contributed by atoms with Crippen molar-refractivity contribution in [3.05, 3.63) is 60.0 Å². The second-order valence-electron chi connectivity index (χ2n) is 7.61. The van der Waals surface area contributed by atoms with E-state index < -0.39 is 6.10 Å². The van der Waals surface area contributed by atoms with Crippen molar-refractivity contribution < 1.29 is 19.4 Å². The minimum Gasteiger partial charge on any atom is -0.497 e. The number of carbonyl (C=O) groups is 1. The van der Waals surface area contributed by atoms with Gasteiger partial charge in [-0.1, -0.05) is 12.1 Å². The highest BCUT2D eigenvalue weighted by atomic mass is 16.5. The van der Waals surface area contributed by atoms with Gasteiger partial charge in [-0.05, 0) is 37.1 Å². The molecule has 0 aliphatic carbocycles. The summed E-state index contributed by atoms with van der Waals surface area (Å²) in [4.78, 5) is 19.4. The Hall–Kier alpha value is -3.10. The van der Waals surface area contributed by atoms with Gasteiger partial charge in [0.25, 0.3) is 5.91 Å². The van der Waals surface area contributed by atoms with Gasteiger partial charge in [-0.2, -0.15) is 0 Å². The van der Waals surface area contributed by atoms with E-state index >= 15 is 0 Å². The average Bonchev–Trinajstić information content (AvgIpc) is 3.46. The van der Waals surface area contributed by atoms with Crippen molar-refractivity contribution in [1.29, 1.82) is 0 Å². The summed E-state index contributed by atoms with van der Waals surface area (Å²) in [5.41, 5.74) is 2.01. The van der Waals surface area contributed by atoms with Gasteiger partial charge < -0.3 is 29.2 Å². The first-order valence-corrected chi connectivity index (χ1v) is 10.6. The third kappa shape index (κ3) is 4.98. The summed E-state index contributed by atoms with van der Waals surface area (Å²) in [6, 6.07) is 13.0. The Bertz CT molecular complexity index is 1030. The predicted octanol–water partition coefficient (Wildman–Crippen LogP) is 2.11. The number of rotatable bonds is 9. The van der Waals surface area contributed by atoms with E-state index in [1.807, 2.05) is 51.9 Å². The number of methoxy groups -OCH3 is 1. The largest absolute Gasteiger partial charge is 0.497 e. The van der Waals surface area contributed by atoms with Gasteiger partial charge in [0.15, 0.2) is 5.69 Å². The molecule has 0 bridgehead atoms. The zero-order valence-corrected chi connectivity index (χ0v) is 17.7. The van der Waals surface area contributed by atoms with Crippen molar-refractivity contribution in [2.45, 2.75) is 25.5 Å². The van der Waals surface area contributed by atoms with Gasteiger partial charge in [0.2, 0.25) is 0 Å². The second kappa shape index (κ2) is 9.80. The van der Waals surface area contributed by atoms with Gasteiger partial charge in [-0.25, -0.2) is 4.98 Å². The van der Waals surface area contributed by atoms with Gasteiger partial charge in [-0.3, -0.25) is 4.79 Å². The van der Waals surface area contributed by atoms with Crippen molar-refractivity contribution >= 4 is 11.6 Å². The standard InChI is InChI=1S/C23H28N4O4/c1-30-18-7-6-8-19(13-18)31-16-17(28)14-24-15-20-22(23(29)26-10-4-5-11-26)25-21-9-2-3-12-27(20)21/h2-3,6-9,12-13,17,24,28H,4-5,10-11,14-16H2,1H3/t17-/m0/s1. The van der Waals surface area contributed by atoms with Crippen LogP contribution in [0.2, 0.25) is 0 Å². The van der Waals surface area contributed by atoms with E-state index in [1.165, 1.54) is 0 Å². The molecule has 31 heavy (non-hydrogen) atoms. The van der Waals surface area contributed by atoms with Crippen LogP contribution in [-0.4, -0.2) is 64.8 Å². The molecular weight excluding hydrogens is 396 g/mol. The molecule has 0 saturated carbocycles. The number of aliphatic hydroxyl groups is 1. The number of benzene rings is 1. The molecule has 2 N–H and O–H groups in total. The number of aliphatic hydroxyl groups excluding tert-OH is 1. The fourth-order valence-corrected chi connectivity index (χ4v) is 3.76. The molecule has 1 aliphatic heterocycles. The van der Waals surface area contributed by atoms with Crippen LogP contribution in [0.25, 0.3) is 5.65 Å². The summed E-state index contributed by atoms with van der Waals surface area (Å²) < 4.78 is 12.8. The summed E-state index contributed by atoms with van der Waals surface area (Å²) in [6.07, 6.45) is 3.27. The molecule has 4 rings (SSSR count). The Morgan fingerprint density at radius 2 is 2.00 bits per heavy atom. The van der Waals surface area contributed by atoms with Crippen molar-refractivity contribution in [3.63, 3.8) is 0 Å². The van der Waals surface area contributed by atoms with Crippen LogP contribution in [0, 0.1) is 0 Å². The number of nitrogens with one attached hydrogen (secondary N) is 1. The van der Waals surface area contributed by atoms with E-state index in [4.69, 9.17) is 9.47 Å². The first kappa shape index (κ1) is 21.1. The lowest BCUT2D eigenvalue weighted by molar-refractivity contribution is 0.0786. The maximum Gasteiger partial charge on any atom is 0.274 e. The minimum absolute atomic E-state index is 0.0279. The van der Waals surface area contributed by atoms with E-state index in [-0.39, 0.29) is 12.5 Å². The van der Waals surface area contributed by atoms with Gasteiger partial charge in [0.1, 0.15) is 29.9 Å². The fourth-order valence-electron chi connectivity index (χ4n) is 3.76.